The van der Waals surface area contributed by atoms with Gasteiger partial charge in [-0.05, 0) is 30.5 Å². The first-order valence-electron chi connectivity index (χ1n) is 6.28. The van der Waals surface area contributed by atoms with Crippen molar-refractivity contribution in [2.75, 3.05) is 18.2 Å². The maximum absolute atomic E-state index is 13.1. The lowest BCUT2D eigenvalue weighted by Gasteiger charge is -2.20. The SMILES string of the molecule is CCN(Cc1cccc(F)c1)S(=O)(=O)CCCCCl. The lowest BCUT2D eigenvalue weighted by molar-refractivity contribution is 0.421. The Morgan fingerprint density at radius 1 is 1.32 bits per heavy atom. The van der Waals surface area contributed by atoms with Gasteiger partial charge in [-0.2, -0.15) is 4.31 Å². The van der Waals surface area contributed by atoms with Gasteiger partial charge in [0.25, 0.3) is 0 Å². The second kappa shape index (κ2) is 7.82. The summed E-state index contributed by atoms with van der Waals surface area (Å²) in [5.41, 5.74) is 0.655. The molecule has 0 aliphatic rings. The molecule has 0 N–H and O–H groups in total. The molecule has 0 fully saturated rings. The molecule has 0 aliphatic carbocycles. The molecule has 1 rings (SSSR count). The summed E-state index contributed by atoms with van der Waals surface area (Å²) in [7, 11) is -3.30. The molecular weight excluding hydrogens is 289 g/mol. The predicted octanol–water partition coefficient (Wildman–Crippen LogP) is 3.00. The van der Waals surface area contributed by atoms with Crippen LogP contribution in [0.4, 0.5) is 4.39 Å². The monoisotopic (exact) mass is 307 g/mol. The first-order chi connectivity index (χ1) is 8.99. The van der Waals surface area contributed by atoms with Crippen LogP contribution >= 0.6 is 11.6 Å². The van der Waals surface area contributed by atoms with E-state index in [1.807, 2.05) is 0 Å². The molecule has 6 heteroatoms. The number of nitrogens with zero attached hydrogens (tertiary/aromatic N) is 1. The summed E-state index contributed by atoms with van der Waals surface area (Å²) in [6.45, 7) is 2.36. The zero-order chi connectivity index (χ0) is 14.3. The fourth-order valence-electron chi connectivity index (χ4n) is 1.75. The topological polar surface area (TPSA) is 37.4 Å². The highest BCUT2D eigenvalue weighted by Gasteiger charge is 2.20. The van der Waals surface area contributed by atoms with Crippen LogP contribution in [0.3, 0.4) is 0 Å². The van der Waals surface area contributed by atoms with Crippen molar-refractivity contribution < 1.29 is 12.8 Å². The smallest absolute Gasteiger partial charge is 0.212 e. The third kappa shape index (κ3) is 5.47. The summed E-state index contributed by atoms with van der Waals surface area (Å²) in [4.78, 5) is 0. The molecule has 0 unspecified atom stereocenters. The number of rotatable bonds is 8. The number of benzene rings is 1. The second-order valence-electron chi connectivity index (χ2n) is 4.27. The van der Waals surface area contributed by atoms with Crippen molar-refractivity contribution >= 4 is 21.6 Å². The minimum absolute atomic E-state index is 0.0862. The fraction of sp³-hybridized carbons (Fsp3) is 0.538. The van der Waals surface area contributed by atoms with E-state index in [-0.39, 0.29) is 18.1 Å². The summed E-state index contributed by atoms with van der Waals surface area (Å²) in [6.07, 6.45) is 1.23. The van der Waals surface area contributed by atoms with Gasteiger partial charge in [-0.3, -0.25) is 0 Å². The van der Waals surface area contributed by atoms with Crippen LogP contribution in [-0.4, -0.2) is 30.9 Å². The number of hydrogen-bond acceptors (Lipinski definition) is 2. The molecule has 0 heterocycles. The molecule has 0 bridgehead atoms. The number of sulfonamides is 1. The van der Waals surface area contributed by atoms with Crippen molar-refractivity contribution in [2.24, 2.45) is 0 Å². The molecule has 0 saturated heterocycles. The van der Waals surface area contributed by atoms with Gasteiger partial charge < -0.3 is 0 Å². The van der Waals surface area contributed by atoms with Gasteiger partial charge in [0.15, 0.2) is 0 Å². The summed E-state index contributed by atoms with van der Waals surface area (Å²) in [5.74, 6) is 0.196. The zero-order valence-corrected chi connectivity index (χ0v) is 12.6. The lowest BCUT2D eigenvalue weighted by atomic mass is 10.2. The Morgan fingerprint density at radius 2 is 2.05 bits per heavy atom. The van der Waals surface area contributed by atoms with Gasteiger partial charge in [0.05, 0.1) is 5.75 Å². The highest BCUT2D eigenvalue weighted by atomic mass is 35.5. The molecule has 0 spiro atoms. The maximum Gasteiger partial charge on any atom is 0.214 e. The van der Waals surface area contributed by atoms with Crippen LogP contribution < -0.4 is 0 Å². The third-order valence-electron chi connectivity index (χ3n) is 2.78. The van der Waals surface area contributed by atoms with Crippen molar-refractivity contribution in [1.82, 2.24) is 4.31 Å². The van der Waals surface area contributed by atoms with Gasteiger partial charge in [-0.15, -0.1) is 11.6 Å². The highest BCUT2D eigenvalue weighted by molar-refractivity contribution is 7.89. The fourth-order valence-corrected chi connectivity index (χ4v) is 3.51. The molecule has 0 aliphatic heterocycles. The van der Waals surface area contributed by atoms with Gasteiger partial charge in [0.1, 0.15) is 5.82 Å². The standard InChI is InChI=1S/C13H19ClFNO2S/c1-2-16(19(17,18)9-4-3-8-14)11-12-6-5-7-13(15)10-12/h5-7,10H,2-4,8-9,11H2,1H3. The Kier molecular flexibility index (Phi) is 6.75. The maximum atomic E-state index is 13.1. The average Bonchev–Trinajstić information content (AvgIpc) is 2.36. The van der Waals surface area contributed by atoms with Crippen LogP contribution in [0.25, 0.3) is 0 Å². The predicted molar refractivity (Wildman–Crippen MR) is 76.2 cm³/mol. The quantitative estimate of drug-likeness (QED) is 0.547. The largest absolute Gasteiger partial charge is 0.214 e. The van der Waals surface area contributed by atoms with Crippen LogP contribution in [0.5, 0.6) is 0 Å². The van der Waals surface area contributed by atoms with Gasteiger partial charge in [0.2, 0.25) is 10.0 Å². The summed E-state index contributed by atoms with van der Waals surface area (Å²) in [5, 5.41) is 0. The van der Waals surface area contributed by atoms with Crippen molar-refractivity contribution in [3.8, 4) is 0 Å². The van der Waals surface area contributed by atoms with E-state index in [1.54, 1.807) is 19.1 Å². The molecule has 19 heavy (non-hydrogen) atoms. The number of hydrogen-bond donors (Lipinski definition) is 0. The Labute approximate surface area is 119 Å². The van der Waals surface area contributed by atoms with E-state index in [0.717, 1.165) is 0 Å². The number of alkyl halides is 1. The van der Waals surface area contributed by atoms with Crippen LogP contribution in [0, 0.1) is 5.82 Å². The minimum Gasteiger partial charge on any atom is -0.212 e. The third-order valence-corrected chi connectivity index (χ3v) is 5.03. The van der Waals surface area contributed by atoms with Crippen LogP contribution in [0.1, 0.15) is 25.3 Å². The molecular formula is C13H19ClFNO2S. The summed E-state index contributed by atoms with van der Waals surface area (Å²) < 4.78 is 38.7. The van der Waals surface area contributed by atoms with Gasteiger partial charge in [0, 0.05) is 19.0 Å². The minimum atomic E-state index is -3.30. The zero-order valence-electron chi connectivity index (χ0n) is 11.0. The van der Waals surface area contributed by atoms with E-state index < -0.39 is 10.0 Å². The van der Waals surface area contributed by atoms with E-state index in [0.29, 0.717) is 30.8 Å². The number of halogens is 2. The van der Waals surface area contributed by atoms with Gasteiger partial charge in [-0.25, -0.2) is 12.8 Å². The van der Waals surface area contributed by atoms with Crippen molar-refractivity contribution in [3.05, 3.63) is 35.6 Å². The molecule has 0 saturated carbocycles. The molecule has 3 nitrogen and oxygen atoms in total. The van der Waals surface area contributed by atoms with Crippen molar-refractivity contribution in [2.45, 2.75) is 26.3 Å². The Balaban J connectivity index is 2.72. The van der Waals surface area contributed by atoms with Crippen LogP contribution in [0.15, 0.2) is 24.3 Å². The van der Waals surface area contributed by atoms with E-state index in [4.69, 9.17) is 11.6 Å². The molecule has 1 aromatic carbocycles. The Hall–Kier alpha value is -0.650. The van der Waals surface area contributed by atoms with Crippen LogP contribution in [-0.2, 0) is 16.6 Å². The molecule has 108 valence electrons. The van der Waals surface area contributed by atoms with E-state index in [9.17, 15) is 12.8 Å². The Morgan fingerprint density at radius 3 is 2.63 bits per heavy atom. The Bertz CT molecular complexity index is 493. The second-order valence-corrected chi connectivity index (χ2v) is 6.73. The molecule has 0 aromatic heterocycles. The van der Waals surface area contributed by atoms with E-state index in [1.165, 1.54) is 16.4 Å². The van der Waals surface area contributed by atoms with E-state index >= 15 is 0 Å². The van der Waals surface area contributed by atoms with Gasteiger partial charge in [-0.1, -0.05) is 19.1 Å². The lowest BCUT2D eigenvalue weighted by Crippen LogP contribution is -2.32. The molecule has 1 aromatic rings. The first-order valence-corrected chi connectivity index (χ1v) is 8.42. The van der Waals surface area contributed by atoms with Crippen LogP contribution in [0.2, 0.25) is 0 Å². The summed E-state index contributed by atoms with van der Waals surface area (Å²) in [6, 6.07) is 6.00. The van der Waals surface area contributed by atoms with Gasteiger partial charge >= 0.3 is 0 Å². The molecule has 0 amide bonds. The number of unbranched alkanes of at least 4 members (excludes halogenated alkanes) is 1. The van der Waals surface area contributed by atoms with Crippen molar-refractivity contribution in [3.63, 3.8) is 0 Å². The first kappa shape index (κ1) is 16.4. The average molecular weight is 308 g/mol. The van der Waals surface area contributed by atoms with Crippen molar-refractivity contribution in [1.29, 1.82) is 0 Å². The highest BCUT2D eigenvalue weighted by Crippen LogP contribution is 2.12. The van der Waals surface area contributed by atoms with E-state index in [2.05, 4.69) is 0 Å². The molecule has 0 atom stereocenters. The normalized spacial score (nSPS) is 12.0. The molecule has 0 radical (unpaired) electrons. The summed E-state index contributed by atoms with van der Waals surface area (Å²) >= 11 is 5.54.